The van der Waals surface area contributed by atoms with Crippen LogP contribution in [0.15, 0.2) is 18.2 Å². The molecule has 0 saturated heterocycles. The van der Waals surface area contributed by atoms with Crippen LogP contribution in [-0.4, -0.2) is 11.9 Å². The number of benzene rings is 1. The molecule has 4 heteroatoms. The number of alkyl halides is 1. The Morgan fingerprint density at radius 1 is 1.26 bits per heavy atom. The van der Waals surface area contributed by atoms with Gasteiger partial charge in [0, 0.05) is 16.8 Å². The highest BCUT2D eigenvalue weighted by atomic mass is 79.9. The minimum absolute atomic E-state index is 0.105. The first-order valence-corrected chi connectivity index (χ1v) is 8.20. The molecule has 0 spiro atoms. The largest absolute Gasteiger partial charge is 0.493 e. The van der Waals surface area contributed by atoms with Crippen LogP contribution >= 0.6 is 27.5 Å². The number of hydrogen-bond donors (Lipinski definition) is 0. The number of rotatable bonds is 8. The highest BCUT2D eigenvalue weighted by Crippen LogP contribution is 2.33. The van der Waals surface area contributed by atoms with Gasteiger partial charge in [-0.05, 0) is 25.0 Å². The molecule has 1 aromatic carbocycles. The first kappa shape index (κ1) is 16.8. The maximum Gasteiger partial charge on any atom is 0.142 e. The minimum atomic E-state index is -0.414. The van der Waals surface area contributed by atoms with Crippen LogP contribution in [0.1, 0.15) is 39.5 Å². The summed E-state index contributed by atoms with van der Waals surface area (Å²) in [6.45, 7) is 4.99. The Labute approximate surface area is 128 Å². The average Bonchev–Trinajstić information content (AvgIpc) is 2.40. The summed E-state index contributed by atoms with van der Waals surface area (Å²) < 4.78 is 18.9. The van der Waals surface area contributed by atoms with E-state index in [-0.39, 0.29) is 10.4 Å². The van der Waals surface area contributed by atoms with Gasteiger partial charge in [0.05, 0.1) is 11.6 Å². The van der Waals surface area contributed by atoms with Crippen molar-refractivity contribution in [3.8, 4) is 5.75 Å². The van der Waals surface area contributed by atoms with E-state index in [1.165, 1.54) is 12.1 Å². The SMILES string of the molecule is CCCC(CBr)(CCC)COc1ccc(F)c(Cl)c1. The Hall–Kier alpha value is -0.280. The molecule has 0 amide bonds. The molecule has 1 aromatic rings. The van der Waals surface area contributed by atoms with Crippen LogP contribution in [0.25, 0.3) is 0 Å². The molecule has 0 fully saturated rings. The molecule has 0 radical (unpaired) electrons. The summed E-state index contributed by atoms with van der Waals surface area (Å²) in [5.41, 5.74) is 0.143. The predicted molar refractivity (Wildman–Crippen MR) is 82.9 cm³/mol. The zero-order valence-electron chi connectivity index (χ0n) is 11.5. The molecule has 0 aliphatic carbocycles. The molecule has 0 aromatic heterocycles. The monoisotopic (exact) mass is 350 g/mol. The van der Waals surface area contributed by atoms with Gasteiger partial charge in [-0.1, -0.05) is 54.2 Å². The van der Waals surface area contributed by atoms with Gasteiger partial charge in [0.1, 0.15) is 11.6 Å². The Morgan fingerprint density at radius 3 is 2.37 bits per heavy atom. The summed E-state index contributed by atoms with van der Waals surface area (Å²) in [6, 6.07) is 4.50. The topological polar surface area (TPSA) is 9.23 Å². The van der Waals surface area contributed by atoms with Crippen molar-refractivity contribution in [1.82, 2.24) is 0 Å². The molecule has 19 heavy (non-hydrogen) atoms. The Morgan fingerprint density at radius 2 is 1.89 bits per heavy atom. The first-order valence-electron chi connectivity index (χ1n) is 6.70. The van der Waals surface area contributed by atoms with Crippen LogP contribution in [0.5, 0.6) is 5.75 Å². The van der Waals surface area contributed by atoms with Crippen molar-refractivity contribution in [3.05, 3.63) is 29.0 Å². The summed E-state index contributed by atoms with van der Waals surface area (Å²) >= 11 is 9.36. The fourth-order valence-corrected chi connectivity index (χ4v) is 3.20. The Balaban J connectivity index is 2.71. The van der Waals surface area contributed by atoms with Gasteiger partial charge in [-0.25, -0.2) is 4.39 Å². The van der Waals surface area contributed by atoms with Crippen molar-refractivity contribution in [2.24, 2.45) is 5.41 Å². The maximum absolute atomic E-state index is 13.1. The van der Waals surface area contributed by atoms with Crippen molar-refractivity contribution in [2.75, 3.05) is 11.9 Å². The fourth-order valence-electron chi connectivity index (χ4n) is 2.31. The lowest BCUT2D eigenvalue weighted by Crippen LogP contribution is -2.30. The van der Waals surface area contributed by atoms with Crippen LogP contribution < -0.4 is 4.74 Å². The molecule has 0 unspecified atom stereocenters. The molecular weight excluding hydrogens is 331 g/mol. The van der Waals surface area contributed by atoms with Gasteiger partial charge in [-0.3, -0.25) is 0 Å². The molecular formula is C15H21BrClFO. The summed E-state index contributed by atoms with van der Waals surface area (Å²) in [6.07, 6.45) is 4.47. The van der Waals surface area contributed by atoms with Crippen molar-refractivity contribution in [3.63, 3.8) is 0 Å². The summed E-state index contributed by atoms with van der Waals surface area (Å²) in [7, 11) is 0. The minimum Gasteiger partial charge on any atom is -0.493 e. The molecule has 0 N–H and O–H groups in total. The van der Waals surface area contributed by atoms with E-state index in [9.17, 15) is 4.39 Å². The smallest absolute Gasteiger partial charge is 0.142 e. The van der Waals surface area contributed by atoms with Crippen molar-refractivity contribution < 1.29 is 9.13 Å². The molecule has 0 atom stereocenters. The van der Waals surface area contributed by atoms with Crippen LogP contribution in [0, 0.1) is 11.2 Å². The van der Waals surface area contributed by atoms with E-state index >= 15 is 0 Å². The van der Waals surface area contributed by atoms with Gasteiger partial charge >= 0.3 is 0 Å². The van der Waals surface area contributed by atoms with E-state index in [1.54, 1.807) is 6.07 Å². The molecule has 0 heterocycles. The molecule has 108 valence electrons. The summed E-state index contributed by atoms with van der Waals surface area (Å²) in [4.78, 5) is 0. The second-order valence-electron chi connectivity index (χ2n) is 5.00. The van der Waals surface area contributed by atoms with E-state index < -0.39 is 5.82 Å². The van der Waals surface area contributed by atoms with E-state index in [2.05, 4.69) is 29.8 Å². The summed E-state index contributed by atoms with van der Waals surface area (Å²) in [5, 5.41) is 1.02. The lowest BCUT2D eigenvalue weighted by molar-refractivity contribution is 0.144. The number of ether oxygens (including phenoxy) is 1. The number of hydrogen-bond acceptors (Lipinski definition) is 1. The molecule has 0 saturated carbocycles. The highest BCUT2D eigenvalue weighted by Gasteiger charge is 2.28. The lowest BCUT2D eigenvalue weighted by Gasteiger charge is -2.31. The zero-order valence-corrected chi connectivity index (χ0v) is 13.9. The molecule has 0 aliphatic rings. The van der Waals surface area contributed by atoms with Gasteiger partial charge in [-0.2, -0.15) is 0 Å². The lowest BCUT2D eigenvalue weighted by atomic mass is 9.82. The van der Waals surface area contributed by atoms with Gasteiger partial charge in [0.25, 0.3) is 0 Å². The number of halogens is 3. The van der Waals surface area contributed by atoms with Crippen molar-refractivity contribution in [1.29, 1.82) is 0 Å². The predicted octanol–water partition coefficient (Wildman–Crippen LogP) is 5.84. The summed E-state index contributed by atoms with van der Waals surface area (Å²) in [5.74, 6) is 0.215. The zero-order chi connectivity index (χ0) is 14.3. The van der Waals surface area contributed by atoms with Crippen LogP contribution in [-0.2, 0) is 0 Å². The Kier molecular flexibility index (Phi) is 7.16. The van der Waals surface area contributed by atoms with Crippen molar-refractivity contribution in [2.45, 2.75) is 39.5 Å². The van der Waals surface area contributed by atoms with Crippen LogP contribution in [0.2, 0.25) is 5.02 Å². The van der Waals surface area contributed by atoms with Gasteiger partial charge in [0.2, 0.25) is 0 Å². The average molecular weight is 352 g/mol. The standard InChI is InChI=1S/C15H21BrClFO/c1-3-7-15(10-16,8-4-2)11-19-12-5-6-14(18)13(17)9-12/h5-6,9H,3-4,7-8,10-11H2,1-2H3. The van der Waals surface area contributed by atoms with E-state index in [1.807, 2.05) is 0 Å². The molecule has 0 aliphatic heterocycles. The maximum atomic E-state index is 13.1. The Bertz CT molecular complexity index is 392. The van der Waals surface area contributed by atoms with E-state index in [4.69, 9.17) is 16.3 Å². The highest BCUT2D eigenvalue weighted by molar-refractivity contribution is 9.09. The van der Waals surface area contributed by atoms with Gasteiger partial charge < -0.3 is 4.74 Å². The molecule has 1 nitrogen and oxygen atoms in total. The molecule has 1 rings (SSSR count). The quantitative estimate of drug-likeness (QED) is 0.535. The van der Waals surface area contributed by atoms with Crippen LogP contribution in [0.4, 0.5) is 4.39 Å². The second kappa shape index (κ2) is 8.11. The third-order valence-corrected chi connectivity index (χ3v) is 4.76. The molecule has 0 bridgehead atoms. The third-order valence-electron chi connectivity index (χ3n) is 3.28. The fraction of sp³-hybridized carbons (Fsp3) is 0.600. The van der Waals surface area contributed by atoms with Crippen molar-refractivity contribution >= 4 is 27.5 Å². The van der Waals surface area contributed by atoms with Crippen LogP contribution in [0.3, 0.4) is 0 Å². The van der Waals surface area contributed by atoms with E-state index in [0.717, 1.165) is 31.0 Å². The second-order valence-corrected chi connectivity index (χ2v) is 5.97. The third kappa shape index (κ3) is 4.96. The van der Waals surface area contributed by atoms with E-state index in [0.29, 0.717) is 12.4 Å². The van der Waals surface area contributed by atoms with Gasteiger partial charge in [-0.15, -0.1) is 0 Å². The first-order chi connectivity index (χ1) is 9.06. The van der Waals surface area contributed by atoms with Gasteiger partial charge in [0.15, 0.2) is 0 Å². The normalized spacial score (nSPS) is 11.6.